The minimum atomic E-state index is -3.16. The van der Waals surface area contributed by atoms with E-state index in [9.17, 15) is 12.8 Å². The predicted octanol–water partition coefficient (Wildman–Crippen LogP) is 4.08. The minimum absolute atomic E-state index is 0.0863. The second kappa shape index (κ2) is 10.5. The van der Waals surface area contributed by atoms with Gasteiger partial charge in [0.05, 0.1) is 5.75 Å². The van der Waals surface area contributed by atoms with Gasteiger partial charge in [0.15, 0.2) is 0 Å². The molecule has 0 spiro atoms. The molecular formula is C24H33FN2O2S. The first kappa shape index (κ1) is 22.9. The zero-order valence-corrected chi connectivity index (χ0v) is 18.6. The summed E-state index contributed by atoms with van der Waals surface area (Å²) in [5.74, 6) is 0.192. The van der Waals surface area contributed by atoms with Crippen molar-refractivity contribution in [3.63, 3.8) is 0 Å². The van der Waals surface area contributed by atoms with Gasteiger partial charge in [0.1, 0.15) is 5.82 Å². The van der Waals surface area contributed by atoms with Crippen LogP contribution in [0.2, 0.25) is 0 Å². The van der Waals surface area contributed by atoms with E-state index in [-0.39, 0.29) is 23.5 Å². The number of sulfonamides is 1. The summed E-state index contributed by atoms with van der Waals surface area (Å²) in [5.41, 5.74) is 11.4. The summed E-state index contributed by atoms with van der Waals surface area (Å²) in [7, 11) is -3.16. The van der Waals surface area contributed by atoms with Crippen LogP contribution in [0.3, 0.4) is 0 Å². The normalized spacial score (nSPS) is 18.9. The van der Waals surface area contributed by atoms with E-state index in [0.29, 0.717) is 13.0 Å². The lowest BCUT2D eigenvalue weighted by Crippen LogP contribution is -2.34. The number of hydrogen-bond donors (Lipinski definition) is 2. The van der Waals surface area contributed by atoms with Crippen LogP contribution in [0.15, 0.2) is 42.5 Å². The van der Waals surface area contributed by atoms with Crippen molar-refractivity contribution >= 4 is 10.0 Å². The molecule has 1 aliphatic carbocycles. The van der Waals surface area contributed by atoms with Crippen molar-refractivity contribution in [1.82, 2.24) is 4.72 Å². The SMILES string of the molecule is CCCCS(=O)(=O)NCCCc1ccc2c(c1)C(Cc1ccc(F)cc1)C(N)CC2. The zero-order chi connectivity index (χ0) is 21.6. The second-order valence-electron chi connectivity index (χ2n) is 8.34. The van der Waals surface area contributed by atoms with Crippen molar-refractivity contribution < 1.29 is 12.8 Å². The first-order valence-electron chi connectivity index (χ1n) is 11.0. The van der Waals surface area contributed by atoms with E-state index in [4.69, 9.17) is 5.73 Å². The Hall–Kier alpha value is -1.76. The number of rotatable bonds is 10. The number of hydrogen-bond acceptors (Lipinski definition) is 3. The quantitative estimate of drug-likeness (QED) is 0.556. The molecule has 0 saturated heterocycles. The molecule has 2 aromatic carbocycles. The van der Waals surface area contributed by atoms with Gasteiger partial charge in [-0.05, 0) is 72.9 Å². The number of benzene rings is 2. The molecule has 6 heteroatoms. The van der Waals surface area contributed by atoms with Crippen LogP contribution < -0.4 is 10.5 Å². The van der Waals surface area contributed by atoms with Gasteiger partial charge in [-0.25, -0.2) is 17.5 Å². The Labute approximate surface area is 180 Å². The first-order chi connectivity index (χ1) is 14.4. The Morgan fingerprint density at radius 2 is 1.83 bits per heavy atom. The molecule has 0 aromatic heterocycles. The minimum Gasteiger partial charge on any atom is -0.327 e. The summed E-state index contributed by atoms with van der Waals surface area (Å²) < 4.78 is 39.8. The summed E-state index contributed by atoms with van der Waals surface area (Å²) >= 11 is 0. The maximum Gasteiger partial charge on any atom is 0.211 e. The van der Waals surface area contributed by atoms with E-state index in [1.807, 2.05) is 19.1 Å². The molecular weight excluding hydrogens is 399 g/mol. The van der Waals surface area contributed by atoms with Crippen LogP contribution in [0.1, 0.15) is 60.8 Å². The summed E-state index contributed by atoms with van der Waals surface area (Å²) in [4.78, 5) is 0. The Balaban J connectivity index is 1.64. The molecule has 0 bridgehead atoms. The Bertz CT molecular complexity index is 929. The second-order valence-corrected chi connectivity index (χ2v) is 10.3. The summed E-state index contributed by atoms with van der Waals surface area (Å²) in [5, 5.41) is 0. The fraction of sp³-hybridized carbons (Fsp3) is 0.500. The van der Waals surface area contributed by atoms with Crippen LogP contribution in [-0.2, 0) is 29.3 Å². The molecule has 2 aromatic rings. The van der Waals surface area contributed by atoms with Gasteiger partial charge in [-0.2, -0.15) is 0 Å². The maximum atomic E-state index is 13.2. The Morgan fingerprint density at radius 1 is 1.10 bits per heavy atom. The molecule has 3 rings (SSSR count). The van der Waals surface area contributed by atoms with Gasteiger partial charge in [0.2, 0.25) is 10.0 Å². The fourth-order valence-corrected chi connectivity index (χ4v) is 5.46. The van der Waals surface area contributed by atoms with Crippen molar-refractivity contribution in [2.45, 2.75) is 63.8 Å². The number of fused-ring (bicyclic) bond motifs is 1. The number of unbranched alkanes of at least 4 members (excludes halogenated alkanes) is 1. The lowest BCUT2D eigenvalue weighted by Gasteiger charge is -2.32. The molecule has 0 aliphatic heterocycles. The van der Waals surface area contributed by atoms with E-state index in [1.54, 1.807) is 0 Å². The fourth-order valence-electron chi connectivity index (χ4n) is 4.19. The highest BCUT2D eigenvalue weighted by Gasteiger charge is 2.27. The first-order valence-corrected chi connectivity index (χ1v) is 12.6. The highest BCUT2D eigenvalue weighted by molar-refractivity contribution is 7.89. The molecule has 0 amide bonds. The van der Waals surface area contributed by atoms with Crippen molar-refractivity contribution in [2.75, 3.05) is 12.3 Å². The van der Waals surface area contributed by atoms with Gasteiger partial charge < -0.3 is 5.73 Å². The highest BCUT2D eigenvalue weighted by atomic mass is 32.2. The van der Waals surface area contributed by atoms with E-state index in [0.717, 1.165) is 44.1 Å². The van der Waals surface area contributed by atoms with Gasteiger partial charge in [-0.3, -0.25) is 0 Å². The van der Waals surface area contributed by atoms with Gasteiger partial charge in [0, 0.05) is 18.5 Å². The van der Waals surface area contributed by atoms with E-state index in [2.05, 4.69) is 22.9 Å². The van der Waals surface area contributed by atoms with Crippen LogP contribution in [0.25, 0.3) is 0 Å². The summed E-state index contributed by atoms with van der Waals surface area (Å²) in [6, 6.07) is 13.4. The van der Waals surface area contributed by atoms with Gasteiger partial charge in [0.25, 0.3) is 0 Å². The lowest BCUT2D eigenvalue weighted by atomic mass is 9.76. The molecule has 0 saturated carbocycles. The van der Waals surface area contributed by atoms with Crippen molar-refractivity contribution in [3.05, 3.63) is 70.5 Å². The molecule has 164 valence electrons. The van der Waals surface area contributed by atoms with Crippen molar-refractivity contribution in [1.29, 1.82) is 0 Å². The third kappa shape index (κ3) is 6.37. The number of nitrogens with one attached hydrogen (secondary N) is 1. The van der Waals surface area contributed by atoms with Crippen LogP contribution >= 0.6 is 0 Å². The average molecular weight is 433 g/mol. The monoisotopic (exact) mass is 432 g/mol. The Kier molecular flexibility index (Phi) is 8.03. The summed E-state index contributed by atoms with van der Waals surface area (Å²) in [6.45, 7) is 2.45. The van der Waals surface area contributed by atoms with Crippen LogP contribution in [0.4, 0.5) is 4.39 Å². The smallest absolute Gasteiger partial charge is 0.211 e. The molecule has 0 radical (unpaired) electrons. The maximum absolute atomic E-state index is 13.2. The largest absolute Gasteiger partial charge is 0.327 e. The van der Waals surface area contributed by atoms with Crippen LogP contribution in [0.5, 0.6) is 0 Å². The number of aryl methyl sites for hydroxylation is 2. The van der Waals surface area contributed by atoms with Gasteiger partial charge in [-0.1, -0.05) is 43.7 Å². The zero-order valence-electron chi connectivity index (χ0n) is 17.7. The standard InChI is InChI=1S/C24H33FN2O2S/c1-2-3-15-30(28,29)27-14-4-5-18-6-9-20-10-13-24(26)23(22(20)16-18)17-19-7-11-21(25)12-8-19/h6-9,11-12,16,23-24,27H,2-5,10,13-15,17,26H2,1H3. The highest BCUT2D eigenvalue weighted by Crippen LogP contribution is 2.34. The van der Waals surface area contributed by atoms with E-state index in [1.165, 1.54) is 28.8 Å². The van der Waals surface area contributed by atoms with Crippen LogP contribution in [-0.4, -0.2) is 26.8 Å². The average Bonchev–Trinajstić information content (AvgIpc) is 2.73. The number of halogens is 1. The van der Waals surface area contributed by atoms with Crippen LogP contribution in [0, 0.1) is 5.82 Å². The lowest BCUT2D eigenvalue weighted by molar-refractivity contribution is 0.467. The Morgan fingerprint density at radius 3 is 2.57 bits per heavy atom. The third-order valence-corrected chi connectivity index (χ3v) is 7.44. The molecule has 3 N–H and O–H groups in total. The summed E-state index contributed by atoms with van der Waals surface area (Å²) in [6.07, 6.45) is 5.88. The van der Waals surface area contributed by atoms with E-state index < -0.39 is 10.0 Å². The number of nitrogens with two attached hydrogens (primary N) is 1. The third-order valence-electron chi connectivity index (χ3n) is 5.97. The van der Waals surface area contributed by atoms with E-state index >= 15 is 0 Å². The van der Waals surface area contributed by atoms with Crippen molar-refractivity contribution in [3.8, 4) is 0 Å². The molecule has 2 atom stereocenters. The van der Waals surface area contributed by atoms with Gasteiger partial charge in [-0.15, -0.1) is 0 Å². The molecule has 2 unspecified atom stereocenters. The molecule has 0 heterocycles. The predicted molar refractivity (Wildman–Crippen MR) is 121 cm³/mol. The molecule has 4 nitrogen and oxygen atoms in total. The molecule has 0 fully saturated rings. The van der Waals surface area contributed by atoms with Gasteiger partial charge >= 0.3 is 0 Å². The topological polar surface area (TPSA) is 72.2 Å². The molecule has 30 heavy (non-hydrogen) atoms. The van der Waals surface area contributed by atoms with Crippen molar-refractivity contribution in [2.24, 2.45) is 5.73 Å². The molecule has 1 aliphatic rings.